The van der Waals surface area contributed by atoms with Crippen molar-refractivity contribution in [3.8, 4) is 11.5 Å². The molecule has 0 radical (unpaired) electrons. The summed E-state index contributed by atoms with van der Waals surface area (Å²) >= 11 is 3.27. The number of hydrogen-bond acceptors (Lipinski definition) is 5. The Morgan fingerprint density at radius 2 is 1.72 bits per heavy atom. The zero-order valence-electron chi connectivity index (χ0n) is 13.3. The molecule has 0 fully saturated rings. The normalized spacial score (nSPS) is 13.0. The molecule has 0 N–H and O–H groups in total. The standard InChI is InChI=1S/C18H14BrNO5/c1-24-15-9-14(19)11(10-21)8-16(15)25-7-6-20-17(22)12-4-2-3-5-13(12)18(20)23/h2-5,8-10H,6-7H2,1H3. The number of methoxy groups -OCH3 is 1. The Kier molecular flexibility index (Phi) is 4.85. The van der Waals surface area contributed by atoms with Crippen LogP contribution in [0.25, 0.3) is 0 Å². The van der Waals surface area contributed by atoms with Gasteiger partial charge in [-0.05, 0) is 40.2 Å². The highest BCUT2D eigenvalue weighted by Gasteiger charge is 2.34. The molecule has 6 nitrogen and oxygen atoms in total. The van der Waals surface area contributed by atoms with Crippen LogP contribution in [0.1, 0.15) is 31.1 Å². The maximum atomic E-state index is 12.3. The average Bonchev–Trinajstić information content (AvgIpc) is 2.87. The first-order valence-corrected chi connectivity index (χ1v) is 8.27. The second-order valence-corrected chi connectivity index (χ2v) is 6.15. The molecular weight excluding hydrogens is 390 g/mol. The van der Waals surface area contributed by atoms with Crippen LogP contribution in [-0.4, -0.2) is 43.3 Å². The first-order chi connectivity index (χ1) is 12.1. The van der Waals surface area contributed by atoms with Gasteiger partial charge in [-0.2, -0.15) is 0 Å². The third-order valence-corrected chi connectivity index (χ3v) is 4.55. The van der Waals surface area contributed by atoms with Crippen LogP contribution in [0.15, 0.2) is 40.9 Å². The van der Waals surface area contributed by atoms with E-state index in [4.69, 9.17) is 9.47 Å². The van der Waals surface area contributed by atoms with Crippen molar-refractivity contribution in [1.29, 1.82) is 0 Å². The molecule has 25 heavy (non-hydrogen) atoms. The van der Waals surface area contributed by atoms with Crippen molar-refractivity contribution in [2.45, 2.75) is 0 Å². The summed E-state index contributed by atoms with van der Waals surface area (Å²) in [5, 5.41) is 0. The summed E-state index contributed by atoms with van der Waals surface area (Å²) in [5.41, 5.74) is 1.21. The molecule has 1 aliphatic heterocycles. The van der Waals surface area contributed by atoms with Crippen molar-refractivity contribution in [2.24, 2.45) is 0 Å². The van der Waals surface area contributed by atoms with Gasteiger partial charge in [0, 0.05) is 10.0 Å². The number of imide groups is 1. The minimum Gasteiger partial charge on any atom is -0.493 e. The second-order valence-electron chi connectivity index (χ2n) is 5.30. The number of carbonyl (C=O) groups is 3. The Hall–Kier alpha value is -2.67. The predicted octanol–water partition coefficient (Wildman–Crippen LogP) is 2.95. The number of ether oxygens (including phenoxy) is 2. The van der Waals surface area contributed by atoms with Gasteiger partial charge in [0.1, 0.15) is 6.61 Å². The van der Waals surface area contributed by atoms with E-state index in [1.54, 1.807) is 30.3 Å². The minimum atomic E-state index is -0.333. The summed E-state index contributed by atoms with van der Waals surface area (Å²) in [6.07, 6.45) is 0.695. The Labute approximate surface area is 152 Å². The van der Waals surface area contributed by atoms with Crippen LogP contribution in [0, 0.1) is 0 Å². The van der Waals surface area contributed by atoms with Gasteiger partial charge in [0.05, 0.1) is 24.8 Å². The minimum absolute atomic E-state index is 0.0851. The molecule has 7 heteroatoms. The van der Waals surface area contributed by atoms with Crippen LogP contribution < -0.4 is 9.47 Å². The summed E-state index contributed by atoms with van der Waals surface area (Å²) in [4.78, 5) is 36.8. The van der Waals surface area contributed by atoms with Crippen LogP contribution >= 0.6 is 15.9 Å². The van der Waals surface area contributed by atoms with Crippen molar-refractivity contribution in [1.82, 2.24) is 4.90 Å². The maximum Gasteiger partial charge on any atom is 0.261 e. The highest BCUT2D eigenvalue weighted by atomic mass is 79.9. The summed E-state index contributed by atoms with van der Waals surface area (Å²) in [6.45, 7) is 0.184. The van der Waals surface area contributed by atoms with E-state index >= 15 is 0 Å². The smallest absolute Gasteiger partial charge is 0.261 e. The summed E-state index contributed by atoms with van der Waals surface area (Å²) in [5.74, 6) is 0.144. The average molecular weight is 404 g/mol. The number of rotatable bonds is 6. The van der Waals surface area contributed by atoms with Crippen molar-refractivity contribution < 1.29 is 23.9 Å². The first kappa shape index (κ1) is 17.2. The lowest BCUT2D eigenvalue weighted by Gasteiger charge is -2.16. The Morgan fingerprint density at radius 1 is 1.08 bits per heavy atom. The van der Waals surface area contributed by atoms with Crippen LogP contribution in [0.2, 0.25) is 0 Å². The number of benzene rings is 2. The van der Waals surface area contributed by atoms with Gasteiger partial charge >= 0.3 is 0 Å². The number of aldehydes is 1. The first-order valence-electron chi connectivity index (χ1n) is 7.47. The van der Waals surface area contributed by atoms with Gasteiger partial charge in [-0.3, -0.25) is 19.3 Å². The topological polar surface area (TPSA) is 72.9 Å². The van der Waals surface area contributed by atoms with Gasteiger partial charge in [0.2, 0.25) is 0 Å². The molecule has 0 aliphatic carbocycles. The third kappa shape index (κ3) is 3.15. The lowest BCUT2D eigenvalue weighted by atomic mass is 10.1. The molecule has 0 atom stereocenters. The lowest BCUT2D eigenvalue weighted by molar-refractivity contribution is 0.0630. The summed E-state index contributed by atoms with van der Waals surface area (Å²) in [6, 6.07) is 9.86. The highest BCUT2D eigenvalue weighted by molar-refractivity contribution is 9.10. The van der Waals surface area contributed by atoms with Gasteiger partial charge in [-0.25, -0.2) is 0 Å². The van der Waals surface area contributed by atoms with E-state index in [1.807, 2.05) is 0 Å². The van der Waals surface area contributed by atoms with Crippen LogP contribution in [0.5, 0.6) is 11.5 Å². The van der Waals surface area contributed by atoms with Crippen LogP contribution in [0.3, 0.4) is 0 Å². The number of nitrogens with zero attached hydrogens (tertiary/aromatic N) is 1. The zero-order chi connectivity index (χ0) is 18.0. The lowest BCUT2D eigenvalue weighted by Crippen LogP contribution is -2.33. The Morgan fingerprint density at radius 3 is 2.28 bits per heavy atom. The second kappa shape index (κ2) is 7.06. The molecular formula is C18H14BrNO5. The van der Waals surface area contributed by atoms with Gasteiger partial charge in [0.15, 0.2) is 17.8 Å². The van der Waals surface area contributed by atoms with Crippen molar-refractivity contribution >= 4 is 34.0 Å². The number of halogens is 1. The fourth-order valence-electron chi connectivity index (χ4n) is 2.60. The monoisotopic (exact) mass is 403 g/mol. The van der Waals surface area contributed by atoms with E-state index in [0.29, 0.717) is 38.9 Å². The van der Waals surface area contributed by atoms with E-state index in [1.165, 1.54) is 13.2 Å². The van der Waals surface area contributed by atoms with Gasteiger partial charge in [-0.1, -0.05) is 12.1 Å². The van der Waals surface area contributed by atoms with Crippen LogP contribution in [-0.2, 0) is 0 Å². The fraction of sp³-hybridized carbons (Fsp3) is 0.167. The largest absolute Gasteiger partial charge is 0.493 e. The molecule has 0 saturated carbocycles. The number of fused-ring (bicyclic) bond motifs is 1. The molecule has 0 unspecified atom stereocenters. The SMILES string of the molecule is COc1cc(Br)c(C=O)cc1OCCN1C(=O)c2ccccc2C1=O. The molecule has 1 heterocycles. The highest BCUT2D eigenvalue weighted by Crippen LogP contribution is 2.33. The van der Waals surface area contributed by atoms with Crippen LogP contribution in [0.4, 0.5) is 0 Å². The molecule has 2 amide bonds. The molecule has 0 aromatic heterocycles. The van der Waals surface area contributed by atoms with Gasteiger partial charge in [-0.15, -0.1) is 0 Å². The van der Waals surface area contributed by atoms with Crippen molar-refractivity contribution in [2.75, 3.05) is 20.3 Å². The molecule has 3 rings (SSSR count). The molecule has 1 aliphatic rings. The Balaban J connectivity index is 1.71. The van der Waals surface area contributed by atoms with E-state index in [-0.39, 0.29) is 25.0 Å². The molecule has 0 saturated heterocycles. The molecule has 0 bridgehead atoms. The van der Waals surface area contributed by atoms with E-state index in [2.05, 4.69) is 15.9 Å². The maximum absolute atomic E-state index is 12.3. The Bertz CT molecular complexity index is 830. The quantitative estimate of drug-likeness (QED) is 0.547. The molecule has 2 aromatic rings. The van der Waals surface area contributed by atoms with E-state index < -0.39 is 0 Å². The molecule has 2 aromatic carbocycles. The summed E-state index contributed by atoms with van der Waals surface area (Å²) < 4.78 is 11.4. The number of amides is 2. The number of carbonyl (C=O) groups excluding carboxylic acids is 3. The zero-order valence-corrected chi connectivity index (χ0v) is 14.9. The van der Waals surface area contributed by atoms with Gasteiger partial charge in [0.25, 0.3) is 11.8 Å². The third-order valence-electron chi connectivity index (χ3n) is 3.86. The molecule has 128 valence electrons. The molecule has 0 spiro atoms. The fourth-order valence-corrected chi connectivity index (χ4v) is 3.02. The number of hydrogen-bond donors (Lipinski definition) is 0. The van der Waals surface area contributed by atoms with E-state index in [9.17, 15) is 14.4 Å². The van der Waals surface area contributed by atoms with E-state index in [0.717, 1.165) is 4.90 Å². The van der Waals surface area contributed by atoms with Crippen molar-refractivity contribution in [3.63, 3.8) is 0 Å². The van der Waals surface area contributed by atoms with Gasteiger partial charge < -0.3 is 9.47 Å². The summed E-state index contributed by atoms with van der Waals surface area (Å²) in [7, 11) is 1.49. The predicted molar refractivity (Wildman–Crippen MR) is 93.4 cm³/mol. The van der Waals surface area contributed by atoms with Crippen molar-refractivity contribution in [3.05, 3.63) is 57.6 Å².